The van der Waals surface area contributed by atoms with Crippen molar-refractivity contribution < 1.29 is 9.53 Å². The van der Waals surface area contributed by atoms with Gasteiger partial charge >= 0.3 is 0 Å². The molecule has 0 radical (unpaired) electrons. The summed E-state index contributed by atoms with van der Waals surface area (Å²) >= 11 is 0. The molecular weight excluding hydrogens is 204 g/mol. The first-order valence-corrected chi connectivity index (χ1v) is 5.29. The van der Waals surface area contributed by atoms with Crippen LogP contribution in [0.2, 0.25) is 0 Å². The number of primary amides is 1. The molecule has 1 atom stereocenters. The van der Waals surface area contributed by atoms with Gasteiger partial charge in [0.1, 0.15) is 5.75 Å². The van der Waals surface area contributed by atoms with Gasteiger partial charge in [0, 0.05) is 19.0 Å². The van der Waals surface area contributed by atoms with Gasteiger partial charge in [0.05, 0.1) is 7.11 Å². The Morgan fingerprint density at radius 3 is 2.56 bits per heavy atom. The maximum atomic E-state index is 10.6. The van der Waals surface area contributed by atoms with Gasteiger partial charge in [-0.05, 0) is 24.6 Å². The van der Waals surface area contributed by atoms with Gasteiger partial charge in [0.2, 0.25) is 5.91 Å². The van der Waals surface area contributed by atoms with Crippen molar-refractivity contribution in [2.75, 3.05) is 13.7 Å². The molecule has 3 N–H and O–H groups in total. The van der Waals surface area contributed by atoms with Crippen LogP contribution in [0.15, 0.2) is 24.3 Å². The fourth-order valence-electron chi connectivity index (χ4n) is 1.42. The number of nitrogens with one attached hydrogen (secondary N) is 1. The zero-order valence-electron chi connectivity index (χ0n) is 9.69. The summed E-state index contributed by atoms with van der Waals surface area (Å²) < 4.78 is 5.08. The van der Waals surface area contributed by atoms with Gasteiger partial charge in [0.15, 0.2) is 0 Å². The monoisotopic (exact) mass is 222 g/mol. The maximum absolute atomic E-state index is 10.6. The molecule has 4 heteroatoms. The number of amides is 1. The van der Waals surface area contributed by atoms with E-state index in [0.29, 0.717) is 13.0 Å². The van der Waals surface area contributed by atoms with E-state index in [9.17, 15) is 4.79 Å². The van der Waals surface area contributed by atoms with Gasteiger partial charge in [-0.2, -0.15) is 0 Å². The molecule has 0 bridgehead atoms. The van der Waals surface area contributed by atoms with Crippen LogP contribution in [0.25, 0.3) is 0 Å². The number of hydrogen-bond donors (Lipinski definition) is 2. The Morgan fingerprint density at radius 2 is 2.06 bits per heavy atom. The van der Waals surface area contributed by atoms with E-state index in [2.05, 4.69) is 5.32 Å². The van der Waals surface area contributed by atoms with Crippen LogP contribution in [0.5, 0.6) is 5.75 Å². The van der Waals surface area contributed by atoms with E-state index in [-0.39, 0.29) is 11.9 Å². The number of benzene rings is 1. The van der Waals surface area contributed by atoms with Crippen molar-refractivity contribution >= 4 is 5.91 Å². The molecule has 0 aliphatic heterocycles. The third-order valence-corrected chi connectivity index (χ3v) is 2.44. The topological polar surface area (TPSA) is 64.3 Å². The smallest absolute Gasteiger partial charge is 0.218 e. The predicted octanol–water partition coefficient (Wildman–Crippen LogP) is 1.22. The summed E-state index contributed by atoms with van der Waals surface area (Å²) in [5, 5.41) is 3.23. The molecule has 0 saturated heterocycles. The maximum Gasteiger partial charge on any atom is 0.218 e. The molecule has 0 aliphatic carbocycles. The number of carbonyl (C=O) groups excluding carboxylic acids is 1. The Balaban J connectivity index is 2.45. The lowest BCUT2D eigenvalue weighted by molar-refractivity contribution is -0.117. The first-order valence-electron chi connectivity index (χ1n) is 5.29. The van der Waals surface area contributed by atoms with E-state index in [1.807, 2.05) is 31.2 Å². The van der Waals surface area contributed by atoms with Crippen molar-refractivity contribution in [1.82, 2.24) is 5.32 Å². The van der Waals surface area contributed by atoms with Crippen molar-refractivity contribution in [2.45, 2.75) is 19.4 Å². The Labute approximate surface area is 95.8 Å². The van der Waals surface area contributed by atoms with Gasteiger partial charge in [-0.25, -0.2) is 0 Å². The average Bonchev–Trinajstić information content (AvgIpc) is 2.28. The van der Waals surface area contributed by atoms with Crippen LogP contribution in [-0.2, 0) is 4.79 Å². The number of nitrogens with two attached hydrogens (primary N) is 1. The van der Waals surface area contributed by atoms with Gasteiger partial charge in [0.25, 0.3) is 0 Å². The molecule has 88 valence electrons. The van der Waals surface area contributed by atoms with Crippen molar-refractivity contribution in [3.63, 3.8) is 0 Å². The van der Waals surface area contributed by atoms with Crippen molar-refractivity contribution in [3.8, 4) is 5.75 Å². The van der Waals surface area contributed by atoms with Gasteiger partial charge in [-0.1, -0.05) is 12.1 Å². The lowest BCUT2D eigenvalue weighted by Gasteiger charge is -2.13. The summed E-state index contributed by atoms with van der Waals surface area (Å²) in [7, 11) is 1.64. The van der Waals surface area contributed by atoms with E-state index in [0.717, 1.165) is 11.3 Å². The molecule has 1 amide bonds. The summed E-state index contributed by atoms with van der Waals surface area (Å²) in [6, 6.07) is 8.04. The minimum absolute atomic E-state index is 0.199. The van der Waals surface area contributed by atoms with E-state index in [4.69, 9.17) is 10.5 Å². The molecule has 0 unspecified atom stereocenters. The summed E-state index contributed by atoms with van der Waals surface area (Å²) in [5.41, 5.74) is 6.22. The molecule has 0 spiro atoms. The molecule has 0 aliphatic rings. The lowest BCUT2D eigenvalue weighted by Crippen LogP contribution is -2.24. The standard InChI is InChI=1S/C12H18N2O2/c1-9(14-8-7-12(13)15)10-3-5-11(16-2)6-4-10/h3-6,9,14H,7-8H2,1-2H3,(H2,13,15)/t9-/m1/s1. The molecule has 1 rings (SSSR count). The van der Waals surface area contributed by atoms with Gasteiger partial charge < -0.3 is 15.8 Å². The quantitative estimate of drug-likeness (QED) is 0.760. The van der Waals surface area contributed by atoms with Crippen LogP contribution in [-0.4, -0.2) is 19.6 Å². The van der Waals surface area contributed by atoms with Crippen LogP contribution in [0.4, 0.5) is 0 Å². The number of ether oxygens (including phenoxy) is 1. The second kappa shape index (κ2) is 6.12. The van der Waals surface area contributed by atoms with Crippen molar-refractivity contribution in [3.05, 3.63) is 29.8 Å². The van der Waals surface area contributed by atoms with Crippen molar-refractivity contribution in [2.24, 2.45) is 5.73 Å². The van der Waals surface area contributed by atoms with Gasteiger partial charge in [-0.15, -0.1) is 0 Å². The summed E-state index contributed by atoms with van der Waals surface area (Å²) in [6.45, 7) is 2.64. The third kappa shape index (κ3) is 3.90. The SMILES string of the molecule is COc1ccc([C@@H](C)NCCC(N)=O)cc1. The number of rotatable bonds is 6. The normalized spacial score (nSPS) is 12.1. The fourth-order valence-corrected chi connectivity index (χ4v) is 1.42. The minimum atomic E-state index is -0.283. The number of methoxy groups -OCH3 is 1. The highest BCUT2D eigenvalue weighted by atomic mass is 16.5. The summed E-state index contributed by atoms with van der Waals surface area (Å²) in [5.74, 6) is 0.558. The highest BCUT2D eigenvalue weighted by molar-refractivity contribution is 5.73. The highest BCUT2D eigenvalue weighted by Gasteiger charge is 2.04. The largest absolute Gasteiger partial charge is 0.497 e. The highest BCUT2D eigenvalue weighted by Crippen LogP contribution is 2.16. The Hall–Kier alpha value is -1.55. The molecular formula is C12H18N2O2. The molecule has 0 fully saturated rings. The Morgan fingerprint density at radius 1 is 1.44 bits per heavy atom. The Kier molecular flexibility index (Phi) is 4.79. The molecule has 4 nitrogen and oxygen atoms in total. The molecule has 1 aromatic rings. The minimum Gasteiger partial charge on any atom is -0.497 e. The molecule has 0 aromatic heterocycles. The second-order valence-electron chi connectivity index (χ2n) is 3.67. The number of carbonyl (C=O) groups is 1. The zero-order valence-corrected chi connectivity index (χ0v) is 9.69. The van der Waals surface area contributed by atoms with Crippen molar-refractivity contribution in [1.29, 1.82) is 0 Å². The van der Waals surface area contributed by atoms with E-state index in [1.54, 1.807) is 7.11 Å². The van der Waals surface area contributed by atoms with Crippen LogP contribution < -0.4 is 15.8 Å². The zero-order chi connectivity index (χ0) is 12.0. The molecule has 0 heterocycles. The van der Waals surface area contributed by atoms with Crippen LogP contribution in [0.1, 0.15) is 24.9 Å². The van der Waals surface area contributed by atoms with E-state index < -0.39 is 0 Å². The first-order chi connectivity index (χ1) is 7.63. The number of hydrogen-bond acceptors (Lipinski definition) is 3. The fraction of sp³-hybridized carbons (Fsp3) is 0.417. The van der Waals surface area contributed by atoms with E-state index >= 15 is 0 Å². The summed E-state index contributed by atoms with van der Waals surface area (Å²) in [6.07, 6.45) is 0.362. The van der Waals surface area contributed by atoms with Crippen LogP contribution in [0.3, 0.4) is 0 Å². The average molecular weight is 222 g/mol. The predicted molar refractivity (Wildman–Crippen MR) is 63.2 cm³/mol. The molecule has 16 heavy (non-hydrogen) atoms. The van der Waals surface area contributed by atoms with E-state index in [1.165, 1.54) is 0 Å². The molecule has 0 saturated carbocycles. The first kappa shape index (κ1) is 12.5. The Bertz CT molecular complexity index is 335. The van der Waals surface area contributed by atoms with Crippen LogP contribution in [0, 0.1) is 0 Å². The second-order valence-corrected chi connectivity index (χ2v) is 3.67. The third-order valence-electron chi connectivity index (χ3n) is 2.44. The summed E-state index contributed by atoms with van der Waals surface area (Å²) in [4.78, 5) is 10.6. The van der Waals surface area contributed by atoms with Gasteiger partial charge in [-0.3, -0.25) is 4.79 Å². The molecule has 1 aromatic carbocycles. The van der Waals surface area contributed by atoms with Crippen LogP contribution >= 0.6 is 0 Å². The lowest BCUT2D eigenvalue weighted by atomic mass is 10.1.